The first kappa shape index (κ1) is 15.1. The zero-order chi connectivity index (χ0) is 15.7. The lowest BCUT2D eigenvalue weighted by atomic mass is 10.0. The number of amides is 2. The number of morpholine rings is 1. The molecule has 2 aliphatic rings. The zero-order valence-corrected chi connectivity index (χ0v) is 13.0. The summed E-state index contributed by atoms with van der Waals surface area (Å²) in [7, 11) is 0. The summed E-state index contributed by atoms with van der Waals surface area (Å²) in [5, 5.41) is 0. The van der Waals surface area contributed by atoms with Crippen molar-refractivity contribution >= 4 is 11.8 Å². The fraction of sp³-hybridized carbons (Fsp3) is 0.625. The number of ether oxygens (including phenoxy) is 1. The van der Waals surface area contributed by atoms with Crippen molar-refractivity contribution in [3.05, 3.63) is 24.2 Å². The monoisotopic (exact) mass is 306 g/mol. The molecule has 2 saturated heterocycles. The van der Waals surface area contributed by atoms with Crippen LogP contribution in [0.1, 0.15) is 26.0 Å². The molecule has 2 fully saturated rings. The first-order valence-electron chi connectivity index (χ1n) is 7.77. The quantitative estimate of drug-likeness (QED) is 0.843. The predicted molar refractivity (Wildman–Crippen MR) is 78.8 cm³/mol. The van der Waals surface area contributed by atoms with Crippen molar-refractivity contribution in [1.29, 1.82) is 0 Å². The largest absolute Gasteiger partial charge is 0.467 e. The Bertz CT molecular complexity index is 542. The Morgan fingerprint density at radius 2 is 2.18 bits per heavy atom. The van der Waals surface area contributed by atoms with Crippen LogP contribution in [0.3, 0.4) is 0 Å². The first-order chi connectivity index (χ1) is 10.5. The lowest BCUT2D eigenvalue weighted by Gasteiger charge is -2.38. The molecule has 22 heavy (non-hydrogen) atoms. The van der Waals surface area contributed by atoms with Gasteiger partial charge in [0.05, 0.1) is 37.5 Å². The standard InChI is InChI=1S/C16H22N2O4/c1-11-10-22-12(2)7-18(11)16(20)13-6-15(19)17(8-13)9-14-4-3-5-21-14/h3-5,11-13H,6-10H2,1-2H3. The molecule has 3 heterocycles. The number of carbonyl (C=O) groups is 2. The number of rotatable bonds is 3. The molecule has 6 heteroatoms. The Balaban J connectivity index is 1.63. The summed E-state index contributed by atoms with van der Waals surface area (Å²) >= 11 is 0. The molecule has 0 aliphatic carbocycles. The van der Waals surface area contributed by atoms with Gasteiger partial charge in [0, 0.05) is 19.5 Å². The molecular weight excluding hydrogens is 284 g/mol. The van der Waals surface area contributed by atoms with Crippen LogP contribution in [0.5, 0.6) is 0 Å². The van der Waals surface area contributed by atoms with Crippen LogP contribution in [0.2, 0.25) is 0 Å². The van der Waals surface area contributed by atoms with E-state index in [0.717, 1.165) is 5.76 Å². The number of carbonyl (C=O) groups excluding carboxylic acids is 2. The van der Waals surface area contributed by atoms with E-state index >= 15 is 0 Å². The normalized spacial score (nSPS) is 29.2. The first-order valence-corrected chi connectivity index (χ1v) is 7.77. The Labute approximate surface area is 130 Å². The molecule has 1 aromatic heterocycles. The van der Waals surface area contributed by atoms with Crippen LogP contribution in [0.4, 0.5) is 0 Å². The number of hydrogen-bond donors (Lipinski definition) is 0. The average Bonchev–Trinajstić information content (AvgIpc) is 3.12. The van der Waals surface area contributed by atoms with Gasteiger partial charge in [0.1, 0.15) is 5.76 Å². The number of furan rings is 1. The Morgan fingerprint density at radius 1 is 1.36 bits per heavy atom. The third-order valence-corrected chi connectivity index (χ3v) is 4.38. The van der Waals surface area contributed by atoms with E-state index in [9.17, 15) is 9.59 Å². The van der Waals surface area contributed by atoms with Crippen LogP contribution in [0, 0.1) is 5.92 Å². The van der Waals surface area contributed by atoms with Gasteiger partial charge < -0.3 is 19.0 Å². The Morgan fingerprint density at radius 3 is 2.91 bits per heavy atom. The number of hydrogen-bond acceptors (Lipinski definition) is 4. The summed E-state index contributed by atoms with van der Waals surface area (Å²) in [5.41, 5.74) is 0. The maximum Gasteiger partial charge on any atom is 0.228 e. The molecule has 0 radical (unpaired) electrons. The molecule has 6 nitrogen and oxygen atoms in total. The molecule has 3 unspecified atom stereocenters. The molecule has 0 aromatic carbocycles. The highest BCUT2D eigenvalue weighted by Crippen LogP contribution is 2.24. The van der Waals surface area contributed by atoms with E-state index in [1.807, 2.05) is 24.8 Å². The van der Waals surface area contributed by atoms with Gasteiger partial charge in [-0.05, 0) is 26.0 Å². The van der Waals surface area contributed by atoms with Gasteiger partial charge in [-0.1, -0.05) is 0 Å². The minimum absolute atomic E-state index is 0.0173. The second kappa shape index (κ2) is 6.12. The maximum absolute atomic E-state index is 12.7. The van der Waals surface area contributed by atoms with E-state index in [4.69, 9.17) is 9.15 Å². The van der Waals surface area contributed by atoms with Gasteiger partial charge in [-0.3, -0.25) is 9.59 Å². The van der Waals surface area contributed by atoms with Crippen LogP contribution in [-0.4, -0.2) is 53.5 Å². The molecule has 120 valence electrons. The molecule has 1 aromatic rings. The topological polar surface area (TPSA) is 63.0 Å². The van der Waals surface area contributed by atoms with E-state index in [1.54, 1.807) is 17.2 Å². The molecule has 3 rings (SSSR count). The molecule has 2 aliphatic heterocycles. The van der Waals surface area contributed by atoms with E-state index < -0.39 is 0 Å². The molecule has 0 bridgehead atoms. The molecule has 0 spiro atoms. The third kappa shape index (κ3) is 3.02. The van der Waals surface area contributed by atoms with E-state index in [-0.39, 0.29) is 36.3 Å². The van der Waals surface area contributed by atoms with E-state index in [0.29, 0.717) is 26.2 Å². The van der Waals surface area contributed by atoms with Gasteiger partial charge in [0.25, 0.3) is 0 Å². The van der Waals surface area contributed by atoms with Gasteiger partial charge in [0.2, 0.25) is 11.8 Å². The Hall–Kier alpha value is -1.82. The maximum atomic E-state index is 12.7. The highest BCUT2D eigenvalue weighted by atomic mass is 16.5. The highest BCUT2D eigenvalue weighted by Gasteiger charge is 2.39. The summed E-state index contributed by atoms with van der Waals surface area (Å²) in [4.78, 5) is 28.4. The van der Waals surface area contributed by atoms with E-state index in [2.05, 4.69) is 0 Å². The van der Waals surface area contributed by atoms with Gasteiger partial charge in [0.15, 0.2) is 0 Å². The summed E-state index contributed by atoms with van der Waals surface area (Å²) < 4.78 is 10.8. The fourth-order valence-electron chi connectivity index (χ4n) is 3.13. The van der Waals surface area contributed by atoms with Gasteiger partial charge in [-0.25, -0.2) is 0 Å². The van der Waals surface area contributed by atoms with E-state index in [1.165, 1.54) is 0 Å². The molecule has 0 N–H and O–H groups in total. The summed E-state index contributed by atoms with van der Waals surface area (Å²) in [5.74, 6) is 0.576. The third-order valence-electron chi connectivity index (χ3n) is 4.38. The van der Waals surface area contributed by atoms with Crippen LogP contribution in [0.25, 0.3) is 0 Å². The van der Waals surface area contributed by atoms with Crippen LogP contribution in [0.15, 0.2) is 22.8 Å². The minimum Gasteiger partial charge on any atom is -0.467 e. The number of nitrogens with zero attached hydrogens (tertiary/aromatic N) is 2. The summed E-state index contributed by atoms with van der Waals surface area (Å²) in [6, 6.07) is 3.71. The zero-order valence-electron chi connectivity index (χ0n) is 13.0. The van der Waals surface area contributed by atoms with Crippen LogP contribution >= 0.6 is 0 Å². The van der Waals surface area contributed by atoms with Crippen molar-refractivity contribution in [2.75, 3.05) is 19.7 Å². The molecular formula is C16H22N2O4. The van der Waals surface area contributed by atoms with Crippen molar-refractivity contribution in [1.82, 2.24) is 9.80 Å². The molecule has 0 saturated carbocycles. The second-order valence-electron chi connectivity index (χ2n) is 6.24. The van der Waals surface area contributed by atoms with Crippen molar-refractivity contribution in [3.63, 3.8) is 0 Å². The average molecular weight is 306 g/mol. The van der Waals surface area contributed by atoms with Gasteiger partial charge >= 0.3 is 0 Å². The van der Waals surface area contributed by atoms with Crippen molar-refractivity contribution < 1.29 is 18.7 Å². The number of likely N-dealkylation sites (tertiary alicyclic amines) is 1. The SMILES string of the molecule is CC1CN(C(=O)C2CC(=O)N(Cc3ccco3)C2)C(C)CO1. The van der Waals surface area contributed by atoms with Gasteiger partial charge in [-0.2, -0.15) is 0 Å². The fourth-order valence-corrected chi connectivity index (χ4v) is 3.13. The van der Waals surface area contributed by atoms with Crippen LogP contribution < -0.4 is 0 Å². The predicted octanol–water partition coefficient (Wildman–Crippen LogP) is 1.26. The summed E-state index contributed by atoms with van der Waals surface area (Å²) in [6.07, 6.45) is 1.93. The van der Waals surface area contributed by atoms with Crippen LogP contribution in [-0.2, 0) is 20.9 Å². The highest BCUT2D eigenvalue weighted by molar-refractivity contribution is 5.89. The smallest absolute Gasteiger partial charge is 0.228 e. The van der Waals surface area contributed by atoms with Gasteiger partial charge in [-0.15, -0.1) is 0 Å². The minimum atomic E-state index is -0.254. The lowest BCUT2D eigenvalue weighted by molar-refractivity contribution is -0.147. The Kier molecular flexibility index (Phi) is 4.20. The lowest BCUT2D eigenvalue weighted by Crippen LogP contribution is -2.52. The summed E-state index contributed by atoms with van der Waals surface area (Å²) in [6.45, 7) is 6.02. The van der Waals surface area contributed by atoms with Crippen molar-refractivity contribution in [2.45, 2.75) is 39.0 Å². The molecule has 2 amide bonds. The van der Waals surface area contributed by atoms with Crippen molar-refractivity contribution in [2.24, 2.45) is 5.92 Å². The second-order valence-corrected chi connectivity index (χ2v) is 6.24. The molecule has 3 atom stereocenters. The van der Waals surface area contributed by atoms with Crippen molar-refractivity contribution in [3.8, 4) is 0 Å².